The molecule has 0 radical (unpaired) electrons. The Balaban J connectivity index is 1.65. The molecule has 4 rings (SSSR count). The van der Waals surface area contributed by atoms with Crippen molar-refractivity contribution in [3.8, 4) is 11.5 Å². The van der Waals surface area contributed by atoms with Crippen LogP contribution in [-0.2, 0) is 11.4 Å². The molecule has 0 atom stereocenters. The standard InChI is InChI=1S/C22H17Cl2NO6/c23-15-7-13-6-14(22(28)29)8-18(20(13)16(24)9-15)31-11-19(27)25-4-5-30-21-12(10-26)2-1-3-17(21)25/h1-3,6-9,26H,4-5,10-11H2,(H,28,29). The van der Waals surface area contributed by atoms with Crippen molar-refractivity contribution in [3.63, 3.8) is 0 Å². The number of para-hydroxylation sites is 1. The van der Waals surface area contributed by atoms with Gasteiger partial charge >= 0.3 is 5.97 Å². The molecule has 160 valence electrons. The first-order valence-electron chi connectivity index (χ1n) is 9.34. The number of carboxylic acid groups (broad SMARTS) is 1. The van der Waals surface area contributed by atoms with Gasteiger partial charge in [-0.15, -0.1) is 0 Å². The van der Waals surface area contributed by atoms with Crippen LogP contribution >= 0.6 is 23.2 Å². The zero-order valence-corrected chi connectivity index (χ0v) is 17.6. The van der Waals surface area contributed by atoms with E-state index in [1.54, 1.807) is 24.3 Å². The summed E-state index contributed by atoms with van der Waals surface area (Å²) in [6, 6.07) is 11.1. The third-order valence-electron chi connectivity index (χ3n) is 4.93. The molecule has 31 heavy (non-hydrogen) atoms. The number of carboxylic acids is 1. The van der Waals surface area contributed by atoms with E-state index in [2.05, 4.69) is 0 Å². The molecule has 1 amide bonds. The van der Waals surface area contributed by atoms with Crippen molar-refractivity contribution in [2.75, 3.05) is 24.7 Å². The Hall–Kier alpha value is -3.00. The van der Waals surface area contributed by atoms with Crippen molar-refractivity contribution in [2.24, 2.45) is 0 Å². The van der Waals surface area contributed by atoms with Gasteiger partial charge in [0.2, 0.25) is 0 Å². The molecule has 0 bridgehead atoms. The number of aliphatic hydroxyl groups excluding tert-OH is 1. The van der Waals surface area contributed by atoms with Gasteiger partial charge in [-0.25, -0.2) is 4.79 Å². The first kappa shape index (κ1) is 21.2. The third kappa shape index (κ3) is 4.12. The van der Waals surface area contributed by atoms with E-state index >= 15 is 0 Å². The van der Waals surface area contributed by atoms with Crippen LogP contribution < -0.4 is 14.4 Å². The number of anilines is 1. The second-order valence-corrected chi connectivity index (χ2v) is 7.71. The molecule has 0 saturated carbocycles. The Bertz CT molecular complexity index is 1200. The van der Waals surface area contributed by atoms with E-state index < -0.39 is 5.97 Å². The van der Waals surface area contributed by atoms with Crippen LogP contribution in [0.1, 0.15) is 15.9 Å². The minimum absolute atomic E-state index is 0.0161. The number of aliphatic hydroxyl groups is 1. The number of fused-ring (bicyclic) bond motifs is 2. The van der Waals surface area contributed by atoms with Crippen molar-refractivity contribution in [2.45, 2.75) is 6.61 Å². The molecule has 2 N–H and O–H groups in total. The predicted molar refractivity (Wildman–Crippen MR) is 117 cm³/mol. The number of ether oxygens (including phenoxy) is 2. The van der Waals surface area contributed by atoms with Crippen molar-refractivity contribution < 1.29 is 29.3 Å². The molecule has 3 aromatic rings. The van der Waals surface area contributed by atoms with E-state index in [1.165, 1.54) is 23.1 Å². The van der Waals surface area contributed by atoms with E-state index in [-0.39, 0.29) is 42.1 Å². The molecule has 0 aromatic heterocycles. The lowest BCUT2D eigenvalue weighted by molar-refractivity contribution is -0.120. The number of aromatic carboxylic acids is 1. The molecule has 1 aliphatic heterocycles. The summed E-state index contributed by atoms with van der Waals surface area (Å²) in [7, 11) is 0. The van der Waals surface area contributed by atoms with Crippen LogP contribution in [-0.4, -0.2) is 41.8 Å². The number of carbonyl (C=O) groups is 2. The third-order valence-corrected chi connectivity index (χ3v) is 5.44. The van der Waals surface area contributed by atoms with Crippen LogP contribution in [0.2, 0.25) is 10.0 Å². The van der Waals surface area contributed by atoms with Gasteiger partial charge in [0, 0.05) is 16.0 Å². The predicted octanol–water partition coefficient (Wildman–Crippen LogP) is 4.14. The summed E-state index contributed by atoms with van der Waals surface area (Å²) in [5, 5.41) is 20.5. The van der Waals surface area contributed by atoms with E-state index in [9.17, 15) is 19.8 Å². The summed E-state index contributed by atoms with van der Waals surface area (Å²) >= 11 is 12.4. The molecule has 0 spiro atoms. The van der Waals surface area contributed by atoms with Crippen LogP contribution in [0.4, 0.5) is 5.69 Å². The molecule has 0 aliphatic carbocycles. The number of carbonyl (C=O) groups excluding carboxylic acids is 1. The van der Waals surface area contributed by atoms with Crippen LogP contribution in [0.15, 0.2) is 42.5 Å². The number of benzene rings is 3. The lowest BCUT2D eigenvalue weighted by atomic mass is 10.1. The summed E-state index contributed by atoms with van der Waals surface area (Å²) in [5.74, 6) is -0.866. The Kier molecular flexibility index (Phi) is 5.91. The van der Waals surface area contributed by atoms with E-state index in [0.29, 0.717) is 39.3 Å². The van der Waals surface area contributed by atoms with Crippen molar-refractivity contribution in [1.82, 2.24) is 0 Å². The minimum atomic E-state index is -1.15. The summed E-state index contributed by atoms with van der Waals surface area (Å²) in [5.41, 5.74) is 1.11. The molecule has 1 heterocycles. The van der Waals surface area contributed by atoms with Crippen molar-refractivity contribution in [3.05, 3.63) is 63.6 Å². The normalized spacial score (nSPS) is 12.9. The van der Waals surface area contributed by atoms with Crippen LogP contribution in [0, 0.1) is 0 Å². The monoisotopic (exact) mass is 461 g/mol. The summed E-state index contributed by atoms with van der Waals surface area (Å²) < 4.78 is 11.4. The lowest BCUT2D eigenvalue weighted by Crippen LogP contribution is -2.41. The Morgan fingerprint density at radius 3 is 2.71 bits per heavy atom. The van der Waals surface area contributed by atoms with E-state index in [1.807, 2.05) is 0 Å². The Morgan fingerprint density at radius 2 is 1.97 bits per heavy atom. The van der Waals surface area contributed by atoms with Gasteiger partial charge in [0.25, 0.3) is 5.91 Å². The molecule has 0 unspecified atom stereocenters. The molecule has 1 aliphatic rings. The Labute approximate surface area is 187 Å². The van der Waals surface area contributed by atoms with Crippen LogP contribution in [0.25, 0.3) is 10.8 Å². The van der Waals surface area contributed by atoms with Crippen LogP contribution in [0.5, 0.6) is 11.5 Å². The fourth-order valence-corrected chi connectivity index (χ4v) is 4.14. The van der Waals surface area contributed by atoms with Gasteiger partial charge in [-0.2, -0.15) is 0 Å². The van der Waals surface area contributed by atoms with Gasteiger partial charge < -0.3 is 24.6 Å². The maximum absolute atomic E-state index is 12.9. The highest BCUT2D eigenvalue weighted by Crippen LogP contribution is 2.37. The molecule has 7 nitrogen and oxygen atoms in total. The highest BCUT2D eigenvalue weighted by molar-refractivity contribution is 6.39. The maximum Gasteiger partial charge on any atom is 0.335 e. The minimum Gasteiger partial charge on any atom is -0.489 e. The zero-order valence-electron chi connectivity index (χ0n) is 16.1. The van der Waals surface area contributed by atoms with Crippen molar-refractivity contribution in [1.29, 1.82) is 0 Å². The molecule has 3 aromatic carbocycles. The number of rotatable bonds is 5. The number of hydrogen-bond donors (Lipinski definition) is 2. The highest BCUT2D eigenvalue weighted by Gasteiger charge is 2.26. The van der Waals surface area contributed by atoms with Gasteiger partial charge in [0.1, 0.15) is 18.1 Å². The number of amides is 1. The summed E-state index contributed by atoms with van der Waals surface area (Å²) in [6.07, 6.45) is 0. The first-order valence-corrected chi connectivity index (χ1v) is 10.1. The van der Waals surface area contributed by atoms with Gasteiger partial charge in [0.05, 0.1) is 29.4 Å². The topological polar surface area (TPSA) is 96.3 Å². The smallest absolute Gasteiger partial charge is 0.335 e. The first-order chi connectivity index (χ1) is 14.9. The molecule has 0 fully saturated rings. The number of halogens is 2. The second-order valence-electron chi connectivity index (χ2n) is 6.87. The average Bonchev–Trinajstić information content (AvgIpc) is 2.75. The quantitative estimate of drug-likeness (QED) is 0.592. The van der Waals surface area contributed by atoms with Gasteiger partial charge in [-0.1, -0.05) is 35.3 Å². The number of nitrogens with zero attached hydrogens (tertiary/aromatic N) is 1. The zero-order chi connectivity index (χ0) is 22.1. The van der Waals surface area contributed by atoms with Crippen LogP contribution in [0.3, 0.4) is 0 Å². The van der Waals surface area contributed by atoms with E-state index in [4.69, 9.17) is 32.7 Å². The highest BCUT2D eigenvalue weighted by atomic mass is 35.5. The fraction of sp³-hybridized carbons (Fsp3) is 0.182. The van der Waals surface area contributed by atoms with Gasteiger partial charge in [-0.05, 0) is 35.7 Å². The SMILES string of the molecule is O=C(O)c1cc(OCC(=O)N2CCOc3c(CO)cccc32)c2c(Cl)cc(Cl)cc2c1. The molecular weight excluding hydrogens is 445 g/mol. The van der Waals surface area contributed by atoms with Gasteiger partial charge in [-0.3, -0.25) is 4.79 Å². The Morgan fingerprint density at radius 1 is 1.16 bits per heavy atom. The van der Waals surface area contributed by atoms with Crippen molar-refractivity contribution >= 4 is 51.5 Å². The van der Waals surface area contributed by atoms with E-state index in [0.717, 1.165) is 0 Å². The second kappa shape index (κ2) is 8.63. The fourth-order valence-electron chi connectivity index (χ4n) is 3.54. The maximum atomic E-state index is 12.9. The molecule has 0 saturated heterocycles. The summed E-state index contributed by atoms with van der Waals surface area (Å²) in [6.45, 7) is 0.0323. The largest absolute Gasteiger partial charge is 0.489 e. The average molecular weight is 462 g/mol. The molecular formula is C22H17Cl2NO6. The summed E-state index contributed by atoms with van der Waals surface area (Å²) in [4.78, 5) is 26.0. The number of hydrogen-bond acceptors (Lipinski definition) is 5. The lowest BCUT2D eigenvalue weighted by Gasteiger charge is -2.30. The van der Waals surface area contributed by atoms with Gasteiger partial charge in [0.15, 0.2) is 6.61 Å². The molecule has 9 heteroatoms.